The zero-order valence-electron chi connectivity index (χ0n) is 13.5. The molecule has 0 amide bonds. The van der Waals surface area contributed by atoms with Crippen molar-refractivity contribution in [3.8, 4) is 11.3 Å². The van der Waals surface area contributed by atoms with Gasteiger partial charge in [-0.05, 0) is 23.1 Å². The highest BCUT2D eigenvalue weighted by Gasteiger charge is 2.15. The maximum Gasteiger partial charge on any atom is 0.336 e. The second-order valence-electron chi connectivity index (χ2n) is 6.70. The molecule has 0 radical (unpaired) electrons. The molecule has 3 nitrogen and oxygen atoms in total. The lowest BCUT2D eigenvalue weighted by Crippen LogP contribution is -2.10. The van der Waals surface area contributed by atoms with Gasteiger partial charge in [-0.15, -0.1) is 0 Å². The van der Waals surface area contributed by atoms with Crippen molar-refractivity contribution in [2.45, 2.75) is 26.2 Å². The topological polar surface area (TPSA) is 50.2 Å². The van der Waals surface area contributed by atoms with E-state index in [1.165, 1.54) is 5.56 Å². The standard InChI is InChI=1S/C20H19NO2/c1-20(2,3)14-10-8-13(9-11-14)18-12-16(19(22)23)15-6-4-5-7-17(15)21-18/h4-12H,1-3H3,(H,22,23). The number of hydrogen-bond acceptors (Lipinski definition) is 2. The van der Waals surface area contributed by atoms with Crippen LogP contribution in [0.2, 0.25) is 0 Å². The van der Waals surface area contributed by atoms with Crippen LogP contribution in [0.4, 0.5) is 0 Å². The van der Waals surface area contributed by atoms with E-state index in [2.05, 4.69) is 37.9 Å². The third-order valence-corrected chi connectivity index (χ3v) is 3.99. The molecule has 0 aliphatic heterocycles. The molecule has 1 N–H and O–H groups in total. The number of pyridine rings is 1. The number of carboxylic acid groups (broad SMARTS) is 1. The molecule has 0 spiro atoms. The normalized spacial score (nSPS) is 11.6. The molecule has 1 heterocycles. The molecule has 0 saturated heterocycles. The second-order valence-corrected chi connectivity index (χ2v) is 6.70. The van der Waals surface area contributed by atoms with Crippen LogP contribution < -0.4 is 0 Å². The summed E-state index contributed by atoms with van der Waals surface area (Å²) in [6, 6.07) is 17.1. The van der Waals surface area contributed by atoms with Crippen LogP contribution in [0.1, 0.15) is 36.7 Å². The molecule has 0 saturated carbocycles. The Balaban J connectivity index is 2.15. The van der Waals surface area contributed by atoms with Crippen LogP contribution in [0.3, 0.4) is 0 Å². The predicted molar refractivity (Wildman–Crippen MR) is 92.8 cm³/mol. The summed E-state index contributed by atoms with van der Waals surface area (Å²) in [5.41, 5.74) is 3.91. The fourth-order valence-corrected chi connectivity index (χ4v) is 2.64. The average molecular weight is 305 g/mol. The molecule has 2 aromatic carbocycles. The van der Waals surface area contributed by atoms with E-state index in [4.69, 9.17) is 0 Å². The first-order chi connectivity index (χ1) is 10.9. The van der Waals surface area contributed by atoms with Gasteiger partial charge in [-0.3, -0.25) is 0 Å². The lowest BCUT2D eigenvalue weighted by Gasteiger charge is -2.19. The monoisotopic (exact) mass is 305 g/mol. The Hall–Kier alpha value is -2.68. The Bertz CT molecular complexity index is 874. The highest BCUT2D eigenvalue weighted by Crippen LogP contribution is 2.28. The number of fused-ring (bicyclic) bond motifs is 1. The van der Waals surface area contributed by atoms with Crippen LogP contribution in [-0.4, -0.2) is 16.1 Å². The zero-order valence-corrected chi connectivity index (χ0v) is 13.5. The Morgan fingerprint density at radius 3 is 2.26 bits per heavy atom. The SMILES string of the molecule is CC(C)(C)c1ccc(-c2cc(C(=O)O)c3ccccc3n2)cc1. The van der Waals surface area contributed by atoms with Crippen LogP contribution >= 0.6 is 0 Å². The highest BCUT2D eigenvalue weighted by molar-refractivity contribution is 6.03. The molecule has 116 valence electrons. The lowest BCUT2D eigenvalue weighted by molar-refractivity contribution is 0.0699. The second kappa shape index (κ2) is 5.51. The van der Waals surface area contributed by atoms with Gasteiger partial charge < -0.3 is 5.11 Å². The van der Waals surface area contributed by atoms with Crippen molar-refractivity contribution >= 4 is 16.9 Å². The third-order valence-electron chi connectivity index (χ3n) is 3.99. The van der Waals surface area contributed by atoms with Gasteiger partial charge in [-0.25, -0.2) is 9.78 Å². The van der Waals surface area contributed by atoms with Gasteiger partial charge in [0, 0.05) is 10.9 Å². The van der Waals surface area contributed by atoms with Crippen molar-refractivity contribution in [3.05, 3.63) is 65.7 Å². The van der Waals surface area contributed by atoms with Crippen molar-refractivity contribution in [2.24, 2.45) is 0 Å². The lowest BCUT2D eigenvalue weighted by atomic mass is 9.86. The number of carboxylic acids is 1. The molecule has 1 aromatic heterocycles. The summed E-state index contributed by atoms with van der Waals surface area (Å²) in [5.74, 6) is -0.934. The van der Waals surface area contributed by atoms with E-state index in [-0.39, 0.29) is 11.0 Å². The smallest absolute Gasteiger partial charge is 0.336 e. The van der Waals surface area contributed by atoms with Gasteiger partial charge in [0.15, 0.2) is 0 Å². The highest BCUT2D eigenvalue weighted by atomic mass is 16.4. The van der Waals surface area contributed by atoms with Crippen molar-refractivity contribution in [2.75, 3.05) is 0 Å². The summed E-state index contributed by atoms with van der Waals surface area (Å²) < 4.78 is 0. The minimum atomic E-state index is -0.934. The molecular weight excluding hydrogens is 286 g/mol. The quantitative estimate of drug-likeness (QED) is 0.732. The molecule has 0 fully saturated rings. The molecule has 0 aliphatic rings. The van der Waals surface area contributed by atoms with E-state index >= 15 is 0 Å². The van der Waals surface area contributed by atoms with E-state index in [1.807, 2.05) is 30.3 Å². The summed E-state index contributed by atoms with van der Waals surface area (Å²) in [5, 5.41) is 10.1. The number of rotatable bonds is 2. The van der Waals surface area contributed by atoms with E-state index in [0.717, 1.165) is 5.56 Å². The summed E-state index contributed by atoms with van der Waals surface area (Å²) in [7, 11) is 0. The average Bonchev–Trinajstić information content (AvgIpc) is 2.53. The predicted octanol–water partition coefficient (Wildman–Crippen LogP) is 4.90. The van der Waals surface area contributed by atoms with Crippen molar-refractivity contribution in [1.82, 2.24) is 4.98 Å². The Kier molecular flexibility index (Phi) is 3.64. The van der Waals surface area contributed by atoms with Crippen molar-refractivity contribution < 1.29 is 9.90 Å². The first-order valence-electron chi connectivity index (χ1n) is 7.60. The summed E-state index contributed by atoms with van der Waals surface area (Å²) in [6.45, 7) is 6.50. The minimum Gasteiger partial charge on any atom is -0.478 e. The van der Waals surface area contributed by atoms with Gasteiger partial charge >= 0.3 is 5.97 Å². The molecule has 0 aliphatic carbocycles. The fourth-order valence-electron chi connectivity index (χ4n) is 2.64. The Morgan fingerprint density at radius 2 is 1.65 bits per heavy atom. The van der Waals surface area contributed by atoms with E-state index in [9.17, 15) is 9.90 Å². The molecule has 0 bridgehead atoms. The minimum absolute atomic E-state index is 0.0849. The molecule has 23 heavy (non-hydrogen) atoms. The summed E-state index contributed by atoms with van der Waals surface area (Å²) in [4.78, 5) is 16.2. The van der Waals surface area contributed by atoms with E-state index in [1.54, 1.807) is 12.1 Å². The Labute approximate surface area is 135 Å². The van der Waals surface area contributed by atoms with E-state index < -0.39 is 5.97 Å². The van der Waals surface area contributed by atoms with Gasteiger partial charge in [0.2, 0.25) is 0 Å². The largest absolute Gasteiger partial charge is 0.478 e. The van der Waals surface area contributed by atoms with Gasteiger partial charge in [-0.1, -0.05) is 63.2 Å². The van der Waals surface area contributed by atoms with Crippen LogP contribution in [-0.2, 0) is 5.41 Å². The molecule has 0 atom stereocenters. The number of benzene rings is 2. The molecular formula is C20H19NO2. The van der Waals surface area contributed by atoms with Gasteiger partial charge in [0.05, 0.1) is 16.8 Å². The van der Waals surface area contributed by atoms with Gasteiger partial charge in [0.1, 0.15) is 0 Å². The van der Waals surface area contributed by atoms with Crippen LogP contribution in [0, 0.1) is 0 Å². The maximum absolute atomic E-state index is 11.6. The number of hydrogen-bond donors (Lipinski definition) is 1. The molecule has 3 aromatic rings. The Morgan fingerprint density at radius 1 is 1.00 bits per heavy atom. The maximum atomic E-state index is 11.6. The molecule has 3 heteroatoms. The van der Waals surface area contributed by atoms with Gasteiger partial charge in [0.25, 0.3) is 0 Å². The first-order valence-corrected chi connectivity index (χ1v) is 7.60. The molecule has 3 rings (SSSR count). The van der Waals surface area contributed by atoms with Crippen LogP contribution in [0.15, 0.2) is 54.6 Å². The summed E-state index contributed by atoms with van der Waals surface area (Å²) >= 11 is 0. The zero-order chi connectivity index (χ0) is 16.6. The van der Waals surface area contributed by atoms with Crippen LogP contribution in [0.5, 0.6) is 0 Å². The number of carbonyl (C=O) groups is 1. The number of nitrogens with zero attached hydrogens (tertiary/aromatic N) is 1. The fraction of sp³-hybridized carbons (Fsp3) is 0.200. The first kappa shape index (κ1) is 15.2. The number of para-hydroxylation sites is 1. The third kappa shape index (κ3) is 2.95. The van der Waals surface area contributed by atoms with E-state index in [0.29, 0.717) is 16.6 Å². The van der Waals surface area contributed by atoms with Gasteiger partial charge in [-0.2, -0.15) is 0 Å². The number of aromatic carboxylic acids is 1. The van der Waals surface area contributed by atoms with Crippen LogP contribution in [0.25, 0.3) is 22.2 Å². The summed E-state index contributed by atoms with van der Waals surface area (Å²) in [6.07, 6.45) is 0. The number of aromatic nitrogens is 1. The molecule has 0 unspecified atom stereocenters. The van der Waals surface area contributed by atoms with Crippen molar-refractivity contribution in [1.29, 1.82) is 0 Å². The van der Waals surface area contributed by atoms with Crippen molar-refractivity contribution in [3.63, 3.8) is 0 Å².